The van der Waals surface area contributed by atoms with Gasteiger partial charge in [0.25, 0.3) is 0 Å². The molecule has 19 heavy (non-hydrogen) atoms. The maximum absolute atomic E-state index is 10.9. The van der Waals surface area contributed by atoms with Gasteiger partial charge >= 0.3 is 11.7 Å². The molecule has 0 spiro atoms. The Bertz CT molecular complexity index is 590. The van der Waals surface area contributed by atoms with Crippen molar-refractivity contribution >= 4 is 29.3 Å². The highest BCUT2D eigenvalue weighted by molar-refractivity contribution is 5.97. The average Bonchev–Trinajstić information content (AvgIpc) is 2.26. The second kappa shape index (κ2) is 5.44. The number of para-hydroxylation sites is 1. The lowest BCUT2D eigenvalue weighted by Crippen LogP contribution is -2.26. The predicted octanol–water partition coefficient (Wildman–Crippen LogP) is -0.487. The number of aromatic carboxylic acids is 1. The number of nitro groups is 1. The normalized spacial score (nSPS) is 10.8. The Labute approximate surface area is 106 Å². The molecule has 1 aromatic rings. The van der Waals surface area contributed by atoms with E-state index in [4.69, 9.17) is 22.3 Å². The zero-order valence-corrected chi connectivity index (χ0v) is 9.48. The molecular weight excluding hydrogens is 256 g/mol. The lowest BCUT2D eigenvalue weighted by molar-refractivity contribution is -0.384. The second-order valence-electron chi connectivity index (χ2n) is 3.24. The standard InChI is InChI=1S/C9H10N6O4/c10-8(11)14-9(12)13-5-3-1-2-4(7(16)17)6(5)15(18)19/h1-3H,(H,16,17)(H6,10,11,12,13,14). The molecule has 0 bridgehead atoms. The van der Waals surface area contributed by atoms with Crippen molar-refractivity contribution in [1.82, 2.24) is 0 Å². The van der Waals surface area contributed by atoms with E-state index in [9.17, 15) is 14.9 Å². The summed E-state index contributed by atoms with van der Waals surface area (Å²) in [5.41, 5.74) is 14.0. The fourth-order valence-electron chi connectivity index (χ4n) is 1.27. The van der Waals surface area contributed by atoms with Crippen molar-refractivity contribution in [1.29, 1.82) is 0 Å². The molecule has 1 aromatic carbocycles. The van der Waals surface area contributed by atoms with Crippen molar-refractivity contribution in [3.8, 4) is 0 Å². The van der Waals surface area contributed by atoms with E-state index in [2.05, 4.69) is 9.98 Å². The first kappa shape index (κ1) is 13.9. The average molecular weight is 266 g/mol. The van der Waals surface area contributed by atoms with Gasteiger partial charge in [0.1, 0.15) is 11.3 Å². The molecule has 100 valence electrons. The topological polar surface area (TPSA) is 183 Å². The van der Waals surface area contributed by atoms with Crippen LogP contribution in [-0.4, -0.2) is 27.9 Å². The number of benzene rings is 1. The van der Waals surface area contributed by atoms with Gasteiger partial charge in [-0.25, -0.2) is 9.79 Å². The summed E-state index contributed by atoms with van der Waals surface area (Å²) in [4.78, 5) is 27.9. The van der Waals surface area contributed by atoms with Gasteiger partial charge in [0, 0.05) is 0 Å². The Kier molecular flexibility index (Phi) is 3.98. The highest BCUT2D eigenvalue weighted by atomic mass is 16.6. The quantitative estimate of drug-likeness (QED) is 0.246. The van der Waals surface area contributed by atoms with E-state index in [1.807, 2.05) is 0 Å². The number of carboxylic acids is 1. The van der Waals surface area contributed by atoms with Gasteiger partial charge in [-0.3, -0.25) is 10.1 Å². The molecule has 0 unspecified atom stereocenters. The van der Waals surface area contributed by atoms with Crippen LogP contribution in [0.1, 0.15) is 10.4 Å². The van der Waals surface area contributed by atoms with Crippen molar-refractivity contribution in [2.24, 2.45) is 27.2 Å². The number of nitrogens with two attached hydrogens (primary N) is 3. The van der Waals surface area contributed by atoms with E-state index in [0.717, 1.165) is 6.07 Å². The molecule has 0 amide bonds. The van der Waals surface area contributed by atoms with Crippen LogP contribution >= 0.6 is 0 Å². The van der Waals surface area contributed by atoms with Crippen LogP contribution in [0.25, 0.3) is 0 Å². The smallest absolute Gasteiger partial charge is 0.342 e. The van der Waals surface area contributed by atoms with Crippen molar-refractivity contribution in [2.45, 2.75) is 0 Å². The summed E-state index contributed by atoms with van der Waals surface area (Å²) in [6.07, 6.45) is 0. The van der Waals surface area contributed by atoms with Crippen LogP contribution in [0.15, 0.2) is 28.2 Å². The molecule has 0 fully saturated rings. The maximum Gasteiger partial charge on any atom is 0.342 e. The first-order chi connectivity index (χ1) is 8.82. The summed E-state index contributed by atoms with van der Waals surface area (Å²) in [5.74, 6) is -2.26. The molecule has 0 radical (unpaired) electrons. The summed E-state index contributed by atoms with van der Waals surface area (Å²) in [6.45, 7) is 0. The minimum Gasteiger partial charge on any atom is -0.477 e. The third-order valence-corrected chi connectivity index (χ3v) is 1.91. The molecule has 0 saturated carbocycles. The van der Waals surface area contributed by atoms with Gasteiger partial charge in [0.2, 0.25) is 5.96 Å². The van der Waals surface area contributed by atoms with Crippen LogP contribution in [0.3, 0.4) is 0 Å². The molecule has 7 N–H and O–H groups in total. The van der Waals surface area contributed by atoms with E-state index in [1.165, 1.54) is 12.1 Å². The molecule has 0 aliphatic rings. The SMILES string of the molecule is NC(N)=NC(N)=Nc1cccc(C(=O)O)c1[N+](=O)[O-]. The van der Waals surface area contributed by atoms with E-state index in [1.54, 1.807) is 0 Å². The van der Waals surface area contributed by atoms with Crippen LogP contribution < -0.4 is 17.2 Å². The van der Waals surface area contributed by atoms with Crippen molar-refractivity contribution in [3.05, 3.63) is 33.9 Å². The molecule has 10 heteroatoms. The molecule has 0 aromatic heterocycles. The minimum atomic E-state index is -1.45. The van der Waals surface area contributed by atoms with Crippen LogP contribution in [-0.2, 0) is 0 Å². The number of carbonyl (C=O) groups is 1. The van der Waals surface area contributed by atoms with E-state index < -0.39 is 28.1 Å². The molecule has 10 nitrogen and oxygen atoms in total. The predicted molar refractivity (Wildman–Crippen MR) is 67.1 cm³/mol. The van der Waals surface area contributed by atoms with Crippen molar-refractivity contribution in [2.75, 3.05) is 0 Å². The number of hydrogen-bond donors (Lipinski definition) is 4. The summed E-state index contributed by atoms with van der Waals surface area (Å²) in [7, 11) is 0. The highest BCUT2D eigenvalue weighted by Gasteiger charge is 2.24. The second-order valence-corrected chi connectivity index (χ2v) is 3.24. The van der Waals surface area contributed by atoms with E-state index in [0.29, 0.717) is 0 Å². The highest BCUT2D eigenvalue weighted by Crippen LogP contribution is 2.31. The molecular formula is C9H10N6O4. The number of nitrogens with zero attached hydrogens (tertiary/aromatic N) is 3. The van der Waals surface area contributed by atoms with Gasteiger partial charge in [-0.1, -0.05) is 6.07 Å². The Morgan fingerprint density at radius 3 is 2.42 bits per heavy atom. The van der Waals surface area contributed by atoms with Crippen LogP contribution in [0.4, 0.5) is 11.4 Å². The summed E-state index contributed by atoms with van der Waals surface area (Å²) >= 11 is 0. The zero-order valence-electron chi connectivity index (χ0n) is 9.48. The first-order valence-electron chi connectivity index (χ1n) is 4.77. The number of guanidine groups is 2. The summed E-state index contributed by atoms with van der Waals surface area (Å²) < 4.78 is 0. The van der Waals surface area contributed by atoms with E-state index >= 15 is 0 Å². The lowest BCUT2D eigenvalue weighted by Gasteiger charge is -2.01. The minimum absolute atomic E-state index is 0.257. The largest absolute Gasteiger partial charge is 0.477 e. The third-order valence-electron chi connectivity index (χ3n) is 1.91. The van der Waals surface area contributed by atoms with Crippen LogP contribution in [0.2, 0.25) is 0 Å². The van der Waals surface area contributed by atoms with Gasteiger partial charge in [-0.2, -0.15) is 4.99 Å². The molecule has 0 heterocycles. The molecule has 0 aliphatic heterocycles. The Morgan fingerprint density at radius 2 is 1.95 bits per heavy atom. The van der Waals surface area contributed by atoms with E-state index in [-0.39, 0.29) is 11.6 Å². The molecule has 0 saturated heterocycles. The Morgan fingerprint density at radius 1 is 1.32 bits per heavy atom. The molecule has 0 atom stereocenters. The van der Waals surface area contributed by atoms with Gasteiger partial charge < -0.3 is 22.3 Å². The number of carboxylic acid groups (broad SMARTS) is 1. The van der Waals surface area contributed by atoms with Gasteiger partial charge in [-0.15, -0.1) is 0 Å². The maximum atomic E-state index is 10.9. The summed E-state index contributed by atoms with van der Waals surface area (Å²) in [5, 5.41) is 19.8. The fraction of sp³-hybridized carbons (Fsp3) is 0. The Balaban J connectivity index is 3.44. The van der Waals surface area contributed by atoms with Crippen LogP contribution in [0, 0.1) is 10.1 Å². The number of rotatable bonds is 3. The number of nitro benzene ring substituents is 1. The monoisotopic (exact) mass is 266 g/mol. The third kappa shape index (κ3) is 3.39. The number of hydrogen-bond acceptors (Lipinski definition) is 4. The van der Waals surface area contributed by atoms with Gasteiger partial charge in [0.15, 0.2) is 5.96 Å². The zero-order chi connectivity index (χ0) is 14.6. The Hall–Kier alpha value is -3.17. The number of aliphatic imine (C=N–C) groups is 2. The molecule has 0 aliphatic carbocycles. The van der Waals surface area contributed by atoms with Gasteiger partial charge in [-0.05, 0) is 12.1 Å². The van der Waals surface area contributed by atoms with Crippen LogP contribution in [0.5, 0.6) is 0 Å². The van der Waals surface area contributed by atoms with Crippen molar-refractivity contribution in [3.63, 3.8) is 0 Å². The lowest BCUT2D eigenvalue weighted by atomic mass is 10.1. The fourth-order valence-corrected chi connectivity index (χ4v) is 1.27. The first-order valence-corrected chi connectivity index (χ1v) is 4.77. The van der Waals surface area contributed by atoms with Crippen molar-refractivity contribution < 1.29 is 14.8 Å². The van der Waals surface area contributed by atoms with Gasteiger partial charge in [0.05, 0.1) is 4.92 Å². The molecule has 1 rings (SSSR count). The summed E-state index contributed by atoms with van der Waals surface area (Å²) in [6, 6.07) is 3.59.